The molecule has 3 aromatic rings. The molecule has 2 aromatic heterocycles. The van der Waals surface area contributed by atoms with Crippen LogP contribution in [0.3, 0.4) is 0 Å². The van der Waals surface area contributed by atoms with Crippen molar-refractivity contribution in [3.05, 3.63) is 58.9 Å². The van der Waals surface area contributed by atoms with Crippen LogP contribution >= 0.6 is 23.1 Å². The van der Waals surface area contributed by atoms with E-state index in [2.05, 4.69) is 4.98 Å². The molecule has 0 amide bonds. The zero-order valence-electron chi connectivity index (χ0n) is 10.7. The van der Waals surface area contributed by atoms with Crippen LogP contribution in [0.15, 0.2) is 47.6 Å². The van der Waals surface area contributed by atoms with E-state index in [-0.39, 0.29) is 10.7 Å². The van der Waals surface area contributed by atoms with E-state index < -0.39 is 5.97 Å². The number of benzene rings is 1. The lowest BCUT2D eigenvalue weighted by Crippen LogP contribution is -1.97. The van der Waals surface area contributed by atoms with Gasteiger partial charge >= 0.3 is 5.97 Å². The Morgan fingerprint density at radius 1 is 1.29 bits per heavy atom. The van der Waals surface area contributed by atoms with Crippen molar-refractivity contribution in [2.45, 2.75) is 10.8 Å². The zero-order valence-corrected chi connectivity index (χ0v) is 12.4. The molecule has 2 heterocycles. The van der Waals surface area contributed by atoms with Crippen LogP contribution in [0.25, 0.3) is 10.1 Å². The molecule has 3 nitrogen and oxygen atoms in total. The number of fused-ring (bicyclic) bond motifs is 1. The maximum Gasteiger partial charge on any atom is 0.346 e. The first-order valence-corrected chi connectivity index (χ1v) is 7.94. The van der Waals surface area contributed by atoms with Gasteiger partial charge in [0.1, 0.15) is 10.7 Å². The number of thioether (sulfide) groups is 1. The van der Waals surface area contributed by atoms with E-state index in [9.17, 15) is 14.3 Å². The van der Waals surface area contributed by atoms with Crippen molar-refractivity contribution in [1.82, 2.24) is 4.98 Å². The van der Waals surface area contributed by atoms with E-state index >= 15 is 0 Å². The fourth-order valence-corrected chi connectivity index (χ4v) is 4.11. The Morgan fingerprint density at radius 2 is 2.14 bits per heavy atom. The Bertz CT molecular complexity index is 802. The maximum atomic E-state index is 14.0. The largest absolute Gasteiger partial charge is 0.477 e. The van der Waals surface area contributed by atoms with Crippen molar-refractivity contribution in [3.8, 4) is 0 Å². The molecule has 0 fully saturated rings. The number of aromatic nitrogens is 1. The number of halogens is 1. The molecular formula is C15H10FNO2S2. The number of carboxylic acid groups (broad SMARTS) is 1. The Kier molecular flexibility index (Phi) is 3.90. The highest BCUT2D eigenvalue weighted by molar-refractivity contribution is 7.98. The summed E-state index contributed by atoms with van der Waals surface area (Å²) in [6.45, 7) is 0. The molecule has 0 radical (unpaired) electrons. The van der Waals surface area contributed by atoms with Crippen LogP contribution in [0.5, 0.6) is 0 Å². The Hall–Kier alpha value is -1.92. The summed E-state index contributed by atoms with van der Waals surface area (Å²) < 4.78 is 14.7. The molecule has 0 aliphatic rings. The molecular weight excluding hydrogens is 309 g/mol. The van der Waals surface area contributed by atoms with Gasteiger partial charge in [-0.25, -0.2) is 14.2 Å². The summed E-state index contributed by atoms with van der Waals surface area (Å²) >= 11 is 2.51. The topological polar surface area (TPSA) is 50.2 Å². The van der Waals surface area contributed by atoms with Gasteiger partial charge in [-0.3, -0.25) is 0 Å². The SMILES string of the molecule is O=C(O)c1sc2cccc(F)c2c1CSc1ccccn1. The quantitative estimate of drug-likeness (QED) is 0.723. The minimum atomic E-state index is -1.02. The number of carbonyl (C=O) groups is 1. The van der Waals surface area contributed by atoms with E-state index in [1.165, 1.54) is 17.8 Å². The maximum absolute atomic E-state index is 14.0. The Morgan fingerprint density at radius 3 is 2.86 bits per heavy atom. The Balaban J connectivity index is 2.03. The summed E-state index contributed by atoms with van der Waals surface area (Å²) in [6, 6.07) is 10.2. The first-order valence-electron chi connectivity index (χ1n) is 6.14. The predicted octanol–water partition coefficient (Wildman–Crippen LogP) is 4.43. The van der Waals surface area contributed by atoms with Crippen molar-refractivity contribution in [2.24, 2.45) is 0 Å². The van der Waals surface area contributed by atoms with Crippen molar-refractivity contribution < 1.29 is 14.3 Å². The number of thiophene rings is 1. The third-order valence-electron chi connectivity index (χ3n) is 2.96. The summed E-state index contributed by atoms with van der Waals surface area (Å²) in [5, 5.41) is 10.5. The second kappa shape index (κ2) is 5.83. The van der Waals surface area contributed by atoms with E-state index in [1.54, 1.807) is 18.3 Å². The van der Waals surface area contributed by atoms with Crippen LogP contribution in [-0.2, 0) is 5.75 Å². The highest BCUT2D eigenvalue weighted by Gasteiger charge is 2.20. The fraction of sp³-hybridized carbons (Fsp3) is 0.0667. The summed E-state index contributed by atoms with van der Waals surface area (Å²) in [7, 11) is 0. The lowest BCUT2D eigenvalue weighted by atomic mass is 10.1. The standard InChI is InChI=1S/C15H10FNO2S2/c16-10-4-3-5-11-13(10)9(14(21-11)15(18)19)8-20-12-6-1-2-7-17-12/h1-7H,8H2,(H,18,19). The van der Waals surface area contributed by atoms with E-state index in [1.807, 2.05) is 18.2 Å². The second-order valence-corrected chi connectivity index (χ2v) is 6.33. The monoisotopic (exact) mass is 319 g/mol. The van der Waals surface area contributed by atoms with Crippen molar-refractivity contribution in [1.29, 1.82) is 0 Å². The molecule has 0 saturated carbocycles. The molecule has 21 heavy (non-hydrogen) atoms. The molecule has 0 unspecified atom stereocenters. The number of hydrogen-bond acceptors (Lipinski definition) is 4. The van der Waals surface area contributed by atoms with Gasteiger partial charge in [-0.2, -0.15) is 0 Å². The Labute approximate surface area is 128 Å². The molecule has 0 bridgehead atoms. The van der Waals surface area contributed by atoms with Crippen LogP contribution in [0.4, 0.5) is 4.39 Å². The molecule has 0 aliphatic heterocycles. The summed E-state index contributed by atoms with van der Waals surface area (Å²) in [5.74, 6) is -1.03. The van der Waals surface area contributed by atoms with Gasteiger partial charge in [0.05, 0.1) is 5.03 Å². The van der Waals surface area contributed by atoms with Gasteiger partial charge in [0.15, 0.2) is 0 Å². The predicted molar refractivity (Wildman–Crippen MR) is 82.5 cm³/mol. The number of carboxylic acids is 1. The number of hydrogen-bond donors (Lipinski definition) is 1. The summed E-state index contributed by atoms with van der Waals surface area (Å²) in [6.07, 6.45) is 1.67. The van der Waals surface area contributed by atoms with Crippen LogP contribution < -0.4 is 0 Å². The van der Waals surface area contributed by atoms with Crippen LogP contribution in [0.2, 0.25) is 0 Å². The smallest absolute Gasteiger partial charge is 0.346 e. The number of nitrogens with zero attached hydrogens (tertiary/aromatic N) is 1. The van der Waals surface area contributed by atoms with Crippen molar-refractivity contribution in [2.75, 3.05) is 0 Å². The number of pyridine rings is 1. The van der Waals surface area contributed by atoms with E-state index in [0.29, 0.717) is 21.4 Å². The van der Waals surface area contributed by atoms with Gasteiger partial charge < -0.3 is 5.11 Å². The van der Waals surface area contributed by atoms with Crippen LogP contribution in [0.1, 0.15) is 15.2 Å². The van der Waals surface area contributed by atoms with E-state index in [4.69, 9.17) is 0 Å². The molecule has 1 aromatic carbocycles. The minimum Gasteiger partial charge on any atom is -0.477 e. The van der Waals surface area contributed by atoms with Gasteiger partial charge in [0, 0.05) is 22.0 Å². The van der Waals surface area contributed by atoms with Crippen molar-refractivity contribution >= 4 is 39.2 Å². The molecule has 0 aliphatic carbocycles. The van der Waals surface area contributed by atoms with Gasteiger partial charge in [-0.1, -0.05) is 12.1 Å². The lowest BCUT2D eigenvalue weighted by molar-refractivity contribution is 0.0701. The number of rotatable bonds is 4. The molecule has 3 rings (SSSR count). The normalized spacial score (nSPS) is 10.9. The summed E-state index contributed by atoms with van der Waals surface area (Å²) in [4.78, 5) is 15.8. The third-order valence-corrected chi connectivity index (χ3v) is 5.12. The van der Waals surface area contributed by atoms with Gasteiger partial charge in [0.25, 0.3) is 0 Å². The average molecular weight is 319 g/mol. The second-order valence-electron chi connectivity index (χ2n) is 4.28. The zero-order chi connectivity index (χ0) is 14.8. The summed E-state index contributed by atoms with van der Waals surface area (Å²) in [5.41, 5.74) is 0.524. The third kappa shape index (κ3) is 2.77. The highest BCUT2D eigenvalue weighted by Crippen LogP contribution is 2.36. The van der Waals surface area contributed by atoms with Gasteiger partial charge in [0.2, 0.25) is 0 Å². The van der Waals surface area contributed by atoms with Gasteiger partial charge in [-0.05, 0) is 29.8 Å². The van der Waals surface area contributed by atoms with Crippen LogP contribution in [0, 0.1) is 5.82 Å². The van der Waals surface area contributed by atoms with Gasteiger partial charge in [-0.15, -0.1) is 23.1 Å². The lowest BCUT2D eigenvalue weighted by Gasteiger charge is -2.02. The van der Waals surface area contributed by atoms with E-state index in [0.717, 1.165) is 16.4 Å². The minimum absolute atomic E-state index is 0.193. The molecule has 106 valence electrons. The first-order chi connectivity index (χ1) is 10.2. The van der Waals surface area contributed by atoms with Crippen LogP contribution in [-0.4, -0.2) is 16.1 Å². The number of aromatic carboxylic acids is 1. The fourth-order valence-electron chi connectivity index (χ4n) is 2.06. The molecule has 1 N–H and O–H groups in total. The molecule has 6 heteroatoms. The average Bonchev–Trinajstić information content (AvgIpc) is 2.86. The van der Waals surface area contributed by atoms with Crippen molar-refractivity contribution in [3.63, 3.8) is 0 Å². The highest BCUT2D eigenvalue weighted by atomic mass is 32.2. The first kappa shape index (κ1) is 14.0. The molecule has 0 spiro atoms. The molecule has 0 saturated heterocycles. The molecule has 0 atom stereocenters.